The van der Waals surface area contributed by atoms with Crippen molar-refractivity contribution < 1.29 is 22.0 Å². The van der Waals surface area contributed by atoms with E-state index in [9.17, 15) is 22.0 Å². The van der Waals surface area contributed by atoms with Crippen LogP contribution in [0, 0.1) is 11.6 Å². The molecule has 0 aromatic heterocycles. The molecule has 1 fully saturated rings. The highest BCUT2D eigenvalue weighted by molar-refractivity contribution is 7.89. The van der Waals surface area contributed by atoms with Gasteiger partial charge >= 0.3 is 0 Å². The zero-order valence-corrected chi connectivity index (χ0v) is 12.3. The minimum Gasteiger partial charge on any atom is -0.341 e. The molecule has 0 bridgehead atoms. The van der Waals surface area contributed by atoms with E-state index in [1.807, 2.05) is 0 Å². The van der Waals surface area contributed by atoms with E-state index >= 15 is 0 Å². The summed E-state index contributed by atoms with van der Waals surface area (Å²) in [5.41, 5.74) is 0. The van der Waals surface area contributed by atoms with Gasteiger partial charge in [-0.3, -0.25) is 4.79 Å². The van der Waals surface area contributed by atoms with Crippen LogP contribution >= 0.6 is 0 Å². The summed E-state index contributed by atoms with van der Waals surface area (Å²) in [6.45, 7) is 2.55. The molecule has 1 aliphatic heterocycles. The van der Waals surface area contributed by atoms with Crippen molar-refractivity contribution in [2.24, 2.45) is 0 Å². The van der Waals surface area contributed by atoms with Crippen LogP contribution in [-0.2, 0) is 14.8 Å². The molecule has 1 aromatic carbocycles. The third-order valence-electron chi connectivity index (χ3n) is 3.30. The Morgan fingerprint density at radius 2 is 1.90 bits per heavy atom. The highest BCUT2D eigenvalue weighted by Crippen LogP contribution is 2.17. The highest BCUT2D eigenvalue weighted by atomic mass is 32.2. The van der Waals surface area contributed by atoms with Gasteiger partial charge in [0.05, 0.1) is 6.04 Å². The molecule has 1 heterocycles. The number of amides is 1. The van der Waals surface area contributed by atoms with Gasteiger partial charge in [-0.25, -0.2) is 17.2 Å². The van der Waals surface area contributed by atoms with Crippen molar-refractivity contribution in [3.8, 4) is 0 Å². The van der Waals surface area contributed by atoms with Gasteiger partial charge in [0.2, 0.25) is 15.9 Å². The summed E-state index contributed by atoms with van der Waals surface area (Å²) in [6, 6.07) is 1.12. The summed E-state index contributed by atoms with van der Waals surface area (Å²) in [5, 5.41) is 0. The number of hydrogen-bond acceptors (Lipinski definition) is 3. The van der Waals surface area contributed by atoms with E-state index in [1.165, 1.54) is 6.92 Å². The number of sulfonamides is 1. The van der Waals surface area contributed by atoms with Crippen LogP contribution in [0.5, 0.6) is 0 Å². The zero-order chi connectivity index (χ0) is 15.6. The van der Waals surface area contributed by atoms with E-state index in [1.54, 1.807) is 4.90 Å². The largest absolute Gasteiger partial charge is 0.341 e. The Morgan fingerprint density at radius 1 is 1.29 bits per heavy atom. The molecule has 1 aliphatic rings. The summed E-state index contributed by atoms with van der Waals surface area (Å²) in [6.07, 6.45) is 1.76. The third kappa shape index (κ3) is 3.56. The summed E-state index contributed by atoms with van der Waals surface area (Å²) in [5.74, 6) is -2.30. The van der Waals surface area contributed by atoms with Crippen molar-refractivity contribution in [3.05, 3.63) is 29.8 Å². The van der Waals surface area contributed by atoms with Gasteiger partial charge in [0.25, 0.3) is 0 Å². The average Bonchev–Trinajstić information content (AvgIpc) is 2.94. The quantitative estimate of drug-likeness (QED) is 0.909. The maximum Gasteiger partial charge on any atom is 0.244 e. The smallest absolute Gasteiger partial charge is 0.244 e. The Labute approximate surface area is 122 Å². The molecule has 5 nitrogen and oxygen atoms in total. The number of carbonyl (C=O) groups is 1. The van der Waals surface area contributed by atoms with Crippen LogP contribution in [0.1, 0.15) is 19.8 Å². The summed E-state index contributed by atoms with van der Waals surface area (Å²) >= 11 is 0. The maximum atomic E-state index is 13.5. The van der Waals surface area contributed by atoms with E-state index in [2.05, 4.69) is 4.72 Å². The molecule has 21 heavy (non-hydrogen) atoms. The lowest BCUT2D eigenvalue weighted by Crippen LogP contribution is -2.46. The molecular weight excluding hydrogens is 302 g/mol. The predicted molar refractivity (Wildman–Crippen MR) is 72.0 cm³/mol. The van der Waals surface area contributed by atoms with Gasteiger partial charge in [-0.05, 0) is 38.0 Å². The molecule has 0 spiro atoms. The van der Waals surface area contributed by atoms with Gasteiger partial charge in [0.15, 0.2) is 0 Å². The molecule has 0 radical (unpaired) electrons. The molecule has 1 saturated heterocycles. The third-order valence-corrected chi connectivity index (χ3v) is 4.86. The van der Waals surface area contributed by atoms with Crippen LogP contribution in [0.15, 0.2) is 23.1 Å². The van der Waals surface area contributed by atoms with Crippen molar-refractivity contribution in [1.82, 2.24) is 9.62 Å². The topological polar surface area (TPSA) is 66.5 Å². The van der Waals surface area contributed by atoms with Gasteiger partial charge in [-0.15, -0.1) is 0 Å². The molecule has 1 amide bonds. The highest BCUT2D eigenvalue weighted by Gasteiger charge is 2.28. The normalized spacial score (nSPS) is 17.0. The Bertz CT molecular complexity index is 643. The Morgan fingerprint density at radius 3 is 2.52 bits per heavy atom. The van der Waals surface area contributed by atoms with E-state index in [0.29, 0.717) is 19.2 Å². The number of likely N-dealkylation sites (tertiary alicyclic amines) is 1. The van der Waals surface area contributed by atoms with Crippen molar-refractivity contribution >= 4 is 15.9 Å². The first-order valence-electron chi connectivity index (χ1n) is 6.57. The van der Waals surface area contributed by atoms with Crippen LogP contribution in [-0.4, -0.2) is 38.4 Å². The minimum atomic E-state index is -4.30. The lowest BCUT2D eigenvalue weighted by atomic mass is 10.3. The molecular formula is C13H16F2N2O3S. The first-order valence-corrected chi connectivity index (χ1v) is 8.06. The molecule has 0 saturated carbocycles. The van der Waals surface area contributed by atoms with Gasteiger partial charge in [-0.1, -0.05) is 0 Å². The number of halogens is 2. The number of hydrogen-bond donors (Lipinski definition) is 1. The number of rotatable bonds is 4. The summed E-state index contributed by atoms with van der Waals surface area (Å²) in [7, 11) is -4.30. The lowest BCUT2D eigenvalue weighted by Gasteiger charge is -2.21. The van der Waals surface area contributed by atoms with E-state index < -0.39 is 32.6 Å². The molecule has 1 atom stereocenters. The number of nitrogens with one attached hydrogen (secondary N) is 1. The fraction of sp³-hybridized carbons (Fsp3) is 0.462. The lowest BCUT2D eigenvalue weighted by molar-refractivity contribution is -0.131. The SMILES string of the molecule is CC(NS(=O)(=O)c1cc(F)ccc1F)C(=O)N1CCCC1. The second-order valence-corrected chi connectivity index (χ2v) is 6.63. The molecule has 1 aromatic rings. The van der Waals surface area contributed by atoms with E-state index in [4.69, 9.17) is 0 Å². The number of carbonyl (C=O) groups excluding carboxylic acids is 1. The summed E-state index contributed by atoms with van der Waals surface area (Å²) in [4.78, 5) is 12.8. The Hall–Kier alpha value is -1.54. The summed E-state index contributed by atoms with van der Waals surface area (Å²) < 4.78 is 52.8. The molecule has 1 N–H and O–H groups in total. The second-order valence-electron chi connectivity index (χ2n) is 4.95. The fourth-order valence-electron chi connectivity index (χ4n) is 2.24. The Kier molecular flexibility index (Phi) is 4.58. The van der Waals surface area contributed by atoms with Crippen LogP contribution in [0.25, 0.3) is 0 Å². The molecule has 116 valence electrons. The van der Waals surface area contributed by atoms with Gasteiger partial charge < -0.3 is 4.90 Å². The molecule has 2 rings (SSSR count). The molecule has 8 heteroatoms. The average molecular weight is 318 g/mol. The first-order chi connectivity index (χ1) is 9.81. The Balaban J connectivity index is 2.16. The predicted octanol–water partition coefficient (Wildman–Crippen LogP) is 1.25. The van der Waals surface area contributed by atoms with Crippen LogP contribution in [0.2, 0.25) is 0 Å². The van der Waals surface area contributed by atoms with Crippen molar-refractivity contribution in [1.29, 1.82) is 0 Å². The second kappa shape index (κ2) is 6.07. The van der Waals surface area contributed by atoms with Gasteiger partial charge in [-0.2, -0.15) is 4.72 Å². The zero-order valence-electron chi connectivity index (χ0n) is 11.5. The van der Waals surface area contributed by atoms with Crippen LogP contribution in [0.3, 0.4) is 0 Å². The first kappa shape index (κ1) is 15.8. The molecule has 1 unspecified atom stereocenters. The van der Waals surface area contributed by atoms with Crippen molar-refractivity contribution in [2.45, 2.75) is 30.7 Å². The minimum absolute atomic E-state index is 0.368. The standard InChI is InChI=1S/C13H16F2N2O3S/c1-9(13(18)17-6-2-3-7-17)16-21(19,20)12-8-10(14)4-5-11(12)15/h4-5,8-9,16H,2-3,6-7H2,1H3. The van der Waals surface area contributed by atoms with Crippen LogP contribution in [0.4, 0.5) is 8.78 Å². The fourth-order valence-corrected chi connectivity index (χ4v) is 3.53. The molecule has 0 aliphatic carbocycles. The maximum absolute atomic E-state index is 13.5. The van der Waals surface area contributed by atoms with Crippen molar-refractivity contribution in [2.75, 3.05) is 13.1 Å². The van der Waals surface area contributed by atoms with Crippen molar-refractivity contribution in [3.63, 3.8) is 0 Å². The van der Waals surface area contributed by atoms with Gasteiger partial charge in [0.1, 0.15) is 16.5 Å². The number of benzene rings is 1. The van der Waals surface area contributed by atoms with Gasteiger partial charge in [0, 0.05) is 13.1 Å². The van der Waals surface area contributed by atoms with E-state index in [-0.39, 0.29) is 5.91 Å². The monoisotopic (exact) mass is 318 g/mol. The number of nitrogens with zero attached hydrogens (tertiary/aromatic N) is 1. The van der Waals surface area contributed by atoms with E-state index in [0.717, 1.165) is 25.0 Å². The van der Waals surface area contributed by atoms with Crippen LogP contribution < -0.4 is 4.72 Å².